The first kappa shape index (κ1) is 23.8. The Balaban J connectivity index is 2.88. The van der Waals surface area contributed by atoms with Gasteiger partial charge in [-0.2, -0.15) is 0 Å². The average molecular weight is 396 g/mol. The molecular weight excluding hydrogens is 358 g/mol. The number of hydrogen-bond donors (Lipinski definition) is 2. The fourth-order valence-corrected chi connectivity index (χ4v) is 3.99. The van der Waals surface area contributed by atoms with Crippen LogP contribution >= 0.6 is 0 Å². The molecule has 154 valence electrons. The summed E-state index contributed by atoms with van der Waals surface area (Å²) in [7, 11) is -2.09. The summed E-state index contributed by atoms with van der Waals surface area (Å²) in [5, 5.41) is 9.37. The van der Waals surface area contributed by atoms with Crippen molar-refractivity contribution in [2.75, 3.05) is 0 Å². The predicted molar refractivity (Wildman–Crippen MR) is 112 cm³/mol. The first-order valence-corrected chi connectivity index (χ1v) is 12.7. The van der Waals surface area contributed by atoms with Gasteiger partial charge in [0.25, 0.3) is 0 Å². The maximum Gasteiger partial charge on any atom is 0.305 e. The van der Waals surface area contributed by atoms with E-state index in [-0.39, 0.29) is 23.6 Å². The van der Waals surface area contributed by atoms with Crippen LogP contribution in [0.25, 0.3) is 0 Å². The molecule has 0 aliphatic heterocycles. The minimum Gasteiger partial charge on any atom is -0.481 e. The van der Waals surface area contributed by atoms with Crippen molar-refractivity contribution in [1.82, 2.24) is 0 Å². The summed E-state index contributed by atoms with van der Waals surface area (Å²) in [6, 6.07) is 9.77. The number of carboxylic acid groups (broad SMARTS) is 1. The molecule has 27 heavy (non-hydrogen) atoms. The molecular formula is C21H37NO4Si. The average Bonchev–Trinajstić information content (AvgIpc) is 2.56. The van der Waals surface area contributed by atoms with Gasteiger partial charge >= 0.3 is 5.97 Å². The van der Waals surface area contributed by atoms with Gasteiger partial charge in [-0.3, -0.25) is 4.79 Å². The Morgan fingerprint density at radius 1 is 1.22 bits per heavy atom. The van der Waals surface area contributed by atoms with Crippen LogP contribution in [0.3, 0.4) is 0 Å². The second kappa shape index (κ2) is 10.4. The molecule has 0 heterocycles. The lowest BCUT2D eigenvalue weighted by molar-refractivity contribution is -0.139. The van der Waals surface area contributed by atoms with Gasteiger partial charge in [0.1, 0.15) is 0 Å². The van der Waals surface area contributed by atoms with E-state index in [2.05, 4.69) is 33.9 Å². The van der Waals surface area contributed by atoms with Gasteiger partial charge in [0, 0.05) is 12.5 Å². The molecule has 1 aromatic carbocycles. The molecule has 0 fully saturated rings. The molecule has 1 rings (SSSR count). The van der Waals surface area contributed by atoms with E-state index in [1.165, 1.54) is 0 Å². The molecule has 0 spiro atoms. The van der Waals surface area contributed by atoms with Crippen LogP contribution in [0.15, 0.2) is 30.3 Å². The number of nitrogens with two attached hydrogens (primary N) is 1. The molecule has 0 unspecified atom stereocenters. The third-order valence-corrected chi connectivity index (χ3v) is 9.96. The molecule has 3 N–H and O–H groups in total. The third-order valence-electron chi connectivity index (χ3n) is 5.42. The zero-order valence-electron chi connectivity index (χ0n) is 17.7. The Kier molecular flexibility index (Phi) is 9.15. The summed E-state index contributed by atoms with van der Waals surface area (Å²) in [4.78, 5) is 11.4. The van der Waals surface area contributed by atoms with Crippen molar-refractivity contribution in [3.63, 3.8) is 0 Å². The highest BCUT2D eigenvalue weighted by Crippen LogP contribution is 2.38. The summed E-state index contributed by atoms with van der Waals surface area (Å²) in [6.07, 6.45) is 0.569. The van der Waals surface area contributed by atoms with E-state index >= 15 is 0 Å². The van der Waals surface area contributed by atoms with Crippen molar-refractivity contribution >= 4 is 14.3 Å². The maximum atomic E-state index is 11.4. The summed E-state index contributed by atoms with van der Waals surface area (Å²) in [6.45, 7) is 13.2. The van der Waals surface area contributed by atoms with Gasteiger partial charge in [-0.1, -0.05) is 58.0 Å². The number of benzene rings is 1. The summed E-state index contributed by atoms with van der Waals surface area (Å²) in [5.41, 5.74) is 7.37. The molecule has 1 aromatic rings. The highest BCUT2D eigenvalue weighted by molar-refractivity contribution is 6.74. The predicted octanol–water partition coefficient (Wildman–Crippen LogP) is 4.56. The third kappa shape index (κ3) is 8.13. The molecule has 0 radical (unpaired) electrons. The summed E-state index contributed by atoms with van der Waals surface area (Å²) in [5.74, 6) is -0.856. The first-order chi connectivity index (χ1) is 12.5. The van der Waals surface area contributed by atoms with Crippen LogP contribution in [0.2, 0.25) is 18.1 Å². The molecule has 0 bridgehead atoms. The van der Waals surface area contributed by atoms with Gasteiger partial charge in [0.05, 0.1) is 25.2 Å². The molecule has 0 aliphatic carbocycles. The Bertz CT molecular complexity index is 571. The van der Waals surface area contributed by atoms with Crippen LogP contribution in [0.4, 0.5) is 0 Å². The fraction of sp³-hybridized carbons (Fsp3) is 0.667. The van der Waals surface area contributed by atoms with Crippen LogP contribution in [0.5, 0.6) is 0 Å². The lowest BCUT2D eigenvalue weighted by Gasteiger charge is -2.40. The van der Waals surface area contributed by atoms with Crippen LogP contribution < -0.4 is 5.73 Å². The Hall–Kier alpha value is -1.21. The summed E-state index contributed by atoms with van der Waals surface area (Å²) < 4.78 is 12.5. The van der Waals surface area contributed by atoms with Gasteiger partial charge < -0.3 is 20.0 Å². The van der Waals surface area contributed by atoms with E-state index in [4.69, 9.17) is 14.9 Å². The van der Waals surface area contributed by atoms with Crippen LogP contribution in [0, 0.1) is 0 Å². The highest BCUT2D eigenvalue weighted by Gasteiger charge is 2.40. The van der Waals surface area contributed by atoms with Crippen LogP contribution in [-0.2, 0) is 20.6 Å². The van der Waals surface area contributed by atoms with Crippen molar-refractivity contribution in [2.24, 2.45) is 5.73 Å². The number of carbonyl (C=O) groups is 1. The smallest absolute Gasteiger partial charge is 0.305 e. The molecule has 5 nitrogen and oxygen atoms in total. The van der Waals surface area contributed by atoms with E-state index in [9.17, 15) is 9.90 Å². The minimum atomic E-state index is -2.09. The van der Waals surface area contributed by atoms with Crippen molar-refractivity contribution in [2.45, 2.75) is 89.9 Å². The van der Waals surface area contributed by atoms with E-state index < -0.39 is 20.4 Å². The zero-order valence-corrected chi connectivity index (χ0v) is 18.7. The van der Waals surface area contributed by atoms with E-state index in [1.807, 2.05) is 37.3 Å². The monoisotopic (exact) mass is 395 g/mol. The van der Waals surface area contributed by atoms with E-state index in [0.29, 0.717) is 13.0 Å². The SMILES string of the molecule is CC[C@H](N)[C@H](C[C@@H](CC(=O)O)O[Si](C)(C)C(C)(C)C)OCc1ccccc1. The highest BCUT2D eigenvalue weighted by atomic mass is 28.4. The molecule has 0 saturated carbocycles. The Labute approximate surface area is 165 Å². The molecule has 0 aromatic heterocycles. The summed E-state index contributed by atoms with van der Waals surface area (Å²) >= 11 is 0. The lowest BCUT2D eigenvalue weighted by Crippen LogP contribution is -2.47. The van der Waals surface area contributed by atoms with Gasteiger partial charge in [0.2, 0.25) is 0 Å². The largest absolute Gasteiger partial charge is 0.481 e. The van der Waals surface area contributed by atoms with E-state index in [0.717, 1.165) is 12.0 Å². The van der Waals surface area contributed by atoms with Crippen molar-refractivity contribution in [3.8, 4) is 0 Å². The van der Waals surface area contributed by atoms with Gasteiger partial charge in [0.15, 0.2) is 8.32 Å². The lowest BCUT2D eigenvalue weighted by atomic mass is 10.0. The van der Waals surface area contributed by atoms with Crippen molar-refractivity contribution < 1.29 is 19.1 Å². The standard InChI is InChI=1S/C21H37NO4Si/c1-7-18(22)19(25-15-16-11-9-8-10-12-16)13-17(14-20(23)24)26-27(5,6)21(2,3)4/h8-12,17-19H,7,13-15,22H2,1-6H3,(H,23,24)/t17-,18-,19-/m0/s1. The van der Waals surface area contributed by atoms with Gasteiger partial charge in [-0.05, 0) is 30.1 Å². The minimum absolute atomic E-state index is 0.0109. The maximum absolute atomic E-state index is 11.4. The number of aliphatic carboxylic acids is 1. The molecule has 0 amide bonds. The quantitative estimate of drug-likeness (QED) is 0.537. The van der Waals surface area contributed by atoms with Crippen LogP contribution in [-0.4, -0.2) is 37.6 Å². The van der Waals surface area contributed by atoms with Crippen molar-refractivity contribution in [1.29, 1.82) is 0 Å². The zero-order chi connectivity index (χ0) is 20.7. The second-order valence-electron chi connectivity index (χ2n) is 8.74. The first-order valence-electron chi connectivity index (χ1n) is 9.77. The molecule has 0 aliphatic rings. The number of carboxylic acids is 1. The van der Waals surface area contributed by atoms with Gasteiger partial charge in [-0.15, -0.1) is 0 Å². The number of rotatable bonds is 11. The Morgan fingerprint density at radius 3 is 2.30 bits per heavy atom. The van der Waals surface area contributed by atoms with Crippen molar-refractivity contribution in [3.05, 3.63) is 35.9 Å². The number of ether oxygens (including phenoxy) is 1. The van der Waals surface area contributed by atoms with Crippen LogP contribution in [0.1, 0.15) is 52.5 Å². The fourth-order valence-electron chi connectivity index (χ4n) is 2.63. The number of hydrogen-bond acceptors (Lipinski definition) is 4. The topological polar surface area (TPSA) is 81.8 Å². The molecule has 3 atom stereocenters. The second-order valence-corrected chi connectivity index (χ2v) is 13.5. The normalized spacial score (nSPS) is 16.0. The molecule has 0 saturated heterocycles. The van der Waals surface area contributed by atoms with E-state index in [1.54, 1.807) is 0 Å². The molecule has 6 heteroatoms. The Morgan fingerprint density at radius 2 is 1.81 bits per heavy atom. The van der Waals surface area contributed by atoms with Gasteiger partial charge in [-0.25, -0.2) is 0 Å².